The molecule has 0 amide bonds. The van der Waals surface area contributed by atoms with E-state index < -0.39 is 0 Å². The molecule has 220 valence electrons. The van der Waals surface area contributed by atoms with Gasteiger partial charge in [-0.1, -0.05) is 91.0 Å². The lowest BCUT2D eigenvalue weighted by Crippen LogP contribution is -2.09. The van der Waals surface area contributed by atoms with Gasteiger partial charge < -0.3 is 13.7 Å². The van der Waals surface area contributed by atoms with Crippen LogP contribution < -0.4 is 4.90 Å². The van der Waals surface area contributed by atoms with Crippen LogP contribution in [0.2, 0.25) is 0 Å². The minimum absolute atomic E-state index is 0.871. The molecule has 10 aromatic rings. The molecule has 2 aromatic heterocycles. The maximum absolute atomic E-state index is 6.48. The minimum Gasteiger partial charge on any atom is -0.456 e. The van der Waals surface area contributed by atoms with Crippen LogP contribution in [0.1, 0.15) is 0 Å². The first-order valence-corrected chi connectivity index (χ1v) is 15.9. The van der Waals surface area contributed by atoms with E-state index >= 15 is 0 Å². The molecule has 0 aliphatic heterocycles. The predicted molar refractivity (Wildman–Crippen MR) is 196 cm³/mol. The van der Waals surface area contributed by atoms with Crippen molar-refractivity contribution >= 4 is 82.5 Å². The molecule has 0 N–H and O–H groups in total. The molecule has 0 aliphatic rings. The lowest BCUT2D eigenvalue weighted by Gasteiger charge is -2.26. The number of fused-ring (bicyclic) bond motifs is 9. The number of furan rings is 2. The van der Waals surface area contributed by atoms with Gasteiger partial charge in [-0.25, -0.2) is 0 Å². The van der Waals surface area contributed by atoms with Crippen molar-refractivity contribution < 1.29 is 8.83 Å². The Morgan fingerprint density at radius 3 is 1.94 bits per heavy atom. The largest absolute Gasteiger partial charge is 0.456 e. The Morgan fingerprint density at radius 2 is 1.02 bits per heavy atom. The van der Waals surface area contributed by atoms with Crippen LogP contribution in [-0.2, 0) is 0 Å². The smallest absolute Gasteiger partial charge is 0.137 e. The van der Waals surface area contributed by atoms with Crippen LogP contribution in [0.5, 0.6) is 0 Å². The maximum Gasteiger partial charge on any atom is 0.137 e. The third-order valence-corrected chi connectivity index (χ3v) is 9.39. The number of anilines is 3. The summed E-state index contributed by atoms with van der Waals surface area (Å²) >= 11 is 0. The van der Waals surface area contributed by atoms with Gasteiger partial charge in [-0.05, 0) is 99.4 Å². The predicted octanol–water partition coefficient (Wildman–Crippen LogP) is 12.9. The molecule has 0 saturated heterocycles. The molecule has 3 nitrogen and oxygen atoms in total. The fourth-order valence-corrected chi connectivity index (χ4v) is 7.16. The molecular weight excluding hydrogens is 574 g/mol. The monoisotopic (exact) mass is 601 g/mol. The molecule has 3 heteroatoms. The fraction of sp³-hybridized carbons (Fsp3) is 0. The zero-order valence-electron chi connectivity index (χ0n) is 25.4. The summed E-state index contributed by atoms with van der Waals surface area (Å²) in [5.41, 5.74) is 9.09. The Balaban J connectivity index is 1.13. The van der Waals surface area contributed by atoms with Crippen molar-refractivity contribution in [2.24, 2.45) is 0 Å². The molecule has 0 bridgehead atoms. The number of benzene rings is 8. The van der Waals surface area contributed by atoms with Gasteiger partial charge in [-0.2, -0.15) is 0 Å². The number of nitrogens with zero attached hydrogens (tertiary/aromatic N) is 1. The van der Waals surface area contributed by atoms with E-state index in [9.17, 15) is 0 Å². The van der Waals surface area contributed by atoms with Gasteiger partial charge in [0.15, 0.2) is 0 Å². The summed E-state index contributed by atoms with van der Waals surface area (Å²) < 4.78 is 12.7. The van der Waals surface area contributed by atoms with E-state index in [0.29, 0.717) is 0 Å². The third-order valence-electron chi connectivity index (χ3n) is 9.39. The molecule has 2 heterocycles. The molecule has 0 spiro atoms. The molecule has 0 unspecified atom stereocenters. The summed E-state index contributed by atoms with van der Waals surface area (Å²) in [6.07, 6.45) is 0. The Hall–Kier alpha value is -6.32. The van der Waals surface area contributed by atoms with E-state index in [-0.39, 0.29) is 0 Å². The summed E-state index contributed by atoms with van der Waals surface area (Å²) in [6.45, 7) is 0. The maximum atomic E-state index is 6.48. The Morgan fingerprint density at radius 1 is 0.319 bits per heavy atom. The van der Waals surface area contributed by atoms with Crippen LogP contribution in [0.15, 0.2) is 173 Å². The first-order valence-electron chi connectivity index (χ1n) is 15.9. The molecule has 10 rings (SSSR count). The number of hydrogen-bond acceptors (Lipinski definition) is 3. The van der Waals surface area contributed by atoms with Crippen molar-refractivity contribution in [3.63, 3.8) is 0 Å². The van der Waals surface area contributed by atoms with Gasteiger partial charge in [0.25, 0.3) is 0 Å². The van der Waals surface area contributed by atoms with Crippen molar-refractivity contribution in [2.75, 3.05) is 4.90 Å². The fourth-order valence-electron chi connectivity index (χ4n) is 7.16. The van der Waals surface area contributed by atoms with Gasteiger partial charge in [0.2, 0.25) is 0 Å². The van der Waals surface area contributed by atoms with Crippen LogP contribution in [0, 0.1) is 0 Å². The van der Waals surface area contributed by atoms with E-state index in [4.69, 9.17) is 8.83 Å². The highest BCUT2D eigenvalue weighted by molar-refractivity contribution is 6.19. The summed E-state index contributed by atoms with van der Waals surface area (Å²) in [5, 5.41) is 9.33. The number of rotatable bonds is 4. The van der Waals surface area contributed by atoms with Crippen molar-refractivity contribution in [1.82, 2.24) is 0 Å². The highest BCUT2D eigenvalue weighted by atomic mass is 16.3. The average molecular weight is 602 g/mol. The zero-order valence-corrected chi connectivity index (χ0v) is 25.4. The van der Waals surface area contributed by atoms with E-state index in [1.807, 2.05) is 12.1 Å². The van der Waals surface area contributed by atoms with Crippen LogP contribution in [0.4, 0.5) is 17.1 Å². The normalized spacial score (nSPS) is 11.8. The van der Waals surface area contributed by atoms with E-state index in [1.54, 1.807) is 0 Å². The summed E-state index contributed by atoms with van der Waals surface area (Å²) in [6, 6.07) is 57.9. The van der Waals surface area contributed by atoms with Gasteiger partial charge in [0, 0.05) is 44.7 Å². The van der Waals surface area contributed by atoms with Gasteiger partial charge in [0.1, 0.15) is 22.3 Å². The summed E-state index contributed by atoms with van der Waals surface area (Å²) in [5.74, 6) is 0. The zero-order chi connectivity index (χ0) is 30.9. The minimum atomic E-state index is 0.871. The van der Waals surface area contributed by atoms with Crippen molar-refractivity contribution in [3.8, 4) is 11.1 Å². The second kappa shape index (κ2) is 10.1. The molecule has 0 aliphatic carbocycles. The average Bonchev–Trinajstić information content (AvgIpc) is 3.69. The topological polar surface area (TPSA) is 29.5 Å². The first-order chi connectivity index (χ1) is 23.3. The van der Waals surface area contributed by atoms with Crippen molar-refractivity contribution in [3.05, 3.63) is 164 Å². The summed E-state index contributed by atoms with van der Waals surface area (Å²) in [7, 11) is 0. The van der Waals surface area contributed by atoms with Crippen LogP contribution in [-0.4, -0.2) is 0 Å². The Labute approximate surface area is 270 Å². The second-order valence-corrected chi connectivity index (χ2v) is 12.2. The van der Waals surface area contributed by atoms with Crippen molar-refractivity contribution in [1.29, 1.82) is 0 Å². The van der Waals surface area contributed by atoms with Crippen LogP contribution in [0.25, 0.3) is 76.5 Å². The molecule has 0 radical (unpaired) electrons. The van der Waals surface area contributed by atoms with Gasteiger partial charge in [0.05, 0.1) is 0 Å². The quantitative estimate of drug-likeness (QED) is 0.201. The van der Waals surface area contributed by atoms with Crippen LogP contribution >= 0.6 is 0 Å². The van der Waals surface area contributed by atoms with Gasteiger partial charge in [-0.15, -0.1) is 0 Å². The lowest BCUT2D eigenvalue weighted by atomic mass is 9.97. The third kappa shape index (κ3) is 4.14. The standard InChI is InChI=1S/C44H27NO2/c1-2-12-33(13-3-1)45(35-20-21-36-39-25-30-9-4-5-10-31(30)26-42(39)47-43(36)27-35)34-14-8-11-29(23-34)32-18-17-28-19-22-41-44(38(28)24-32)37-15-6-7-16-40(37)46-41/h1-27H. The SMILES string of the molecule is c1ccc(N(c2cccc(-c3ccc4ccc5oc6ccccc6c5c4c3)c2)c2ccc3c(c2)oc2cc4ccccc4cc23)cc1. The molecule has 0 atom stereocenters. The highest BCUT2D eigenvalue weighted by Crippen LogP contribution is 2.41. The van der Waals surface area contributed by atoms with Crippen molar-refractivity contribution in [2.45, 2.75) is 0 Å². The molecule has 0 saturated carbocycles. The highest BCUT2D eigenvalue weighted by Gasteiger charge is 2.17. The number of hydrogen-bond donors (Lipinski definition) is 0. The van der Waals surface area contributed by atoms with Crippen LogP contribution in [0.3, 0.4) is 0 Å². The first kappa shape index (κ1) is 26.0. The van der Waals surface area contributed by atoms with Gasteiger partial charge in [-0.3, -0.25) is 0 Å². The molecular formula is C44H27NO2. The molecule has 0 fully saturated rings. The van der Waals surface area contributed by atoms with Gasteiger partial charge >= 0.3 is 0 Å². The number of para-hydroxylation sites is 2. The molecule has 47 heavy (non-hydrogen) atoms. The molecule has 8 aromatic carbocycles. The second-order valence-electron chi connectivity index (χ2n) is 12.2. The van der Waals surface area contributed by atoms with E-state index in [0.717, 1.165) is 72.1 Å². The lowest BCUT2D eigenvalue weighted by molar-refractivity contribution is 0.669. The van der Waals surface area contributed by atoms with E-state index in [1.165, 1.54) is 21.5 Å². The summed E-state index contributed by atoms with van der Waals surface area (Å²) in [4.78, 5) is 2.30. The Kier molecular flexibility index (Phi) is 5.57. The van der Waals surface area contributed by atoms with E-state index in [2.05, 4.69) is 157 Å². The Bertz CT molecular complexity index is 2810.